The van der Waals surface area contributed by atoms with Gasteiger partial charge in [0.1, 0.15) is 0 Å². The fourth-order valence-electron chi connectivity index (χ4n) is 2.57. The van der Waals surface area contributed by atoms with E-state index in [9.17, 15) is 4.79 Å². The van der Waals surface area contributed by atoms with E-state index in [-0.39, 0.29) is 17.9 Å². The lowest BCUT2D eigenvalue weighted by Crippen LogP contribution is -2.43. The molecular weight excluding hydrogens is 306 g/mol. The van der Waals surface area contributed by atoms with Gasteiger partial charge in [-0.05, 0) is 30.4 Å². The Morgan fingerprint density at radius 2 is 2.21 bits per heavy atom. The Morgan fingerprint density at radius 3 is 2.89 bits per heavy atom. The lowest BCUT2D eigenvalue weighted by atomic mass is 9.83. The molecular formula is C15H20BrNO2. The molecule has 0 bridgehead atoms. The average molecular weight is 326 g/mol. The highest BCUT2D eigenvalue weighted by Gasteiger charge is 2.25. The minimum absolute atomic E-state index is 0.0506. The van der Waals surface area contributed by atoms with E-state index in [2.05, 4.69) is 39.4 Å². The SMILES string of the molecule is COCC(CBr)NC(=O)C1CCc2ccccc2C1. The Bertz CT molecular complexity index is 436. The van der Waals surface area contributed by atoms with Crippen molar-refractivity contribution >= 4 is 21.8 Å². The summed E-state index contributed by atoms with van der Waals surface area (Å²) < 4.78 is 5.09. The lowest BCUT2D eigenvalue weighted by molar-refractivity contribution is -0.126. The number of aryl methyl sites for hydroxylation is 1. The van der Waals surface area contributed by atoms with Crippen molar-refractivity contribution < 1.29 is 9.53 Å². The molecule has 0 heterocycles. The number of hydrogen-bond acceptors (Lipinski definition) is 2. The number of carbonyl (C=O) groups excluding carboxylic acids is 1. The molecule has 1 aliphatic rings. The summed E-state index contributed by atoms with van der Waals surface area (Å²) >= 11 is 3.40. The molecule has 2 unspecified atom stereocenters. The smallest absolute Gasteiger partial charge is 0.223 e. The van der Waals surface area contributed by atoms with E-state index in [4.69, 9.17) is 4.74 Å². The van der Waals surface area contributed by atoms with E-state index >= 15 is 0 Å². The number of rotatable bonds is 5. The third kappa shape index (κ3) is 3.80. The Morgan fingerprint density at radius 1 is 1.47 bits per heavy atom. The minimum Gasteiger partial charge on any atom is -0.383 e. The molecule has 0 spiro atoms. The maximum absolute atomic E-state index is 12.3. The summed E-state index contributed by atoms with van der Waals surface area (Å²) in [6.45, 7) is 0.542. The summed E-state index contributed by atoms with van der Waals surface area (Å²) in [5.74, 6) is 0.240. The first-order valence-corrected chi connectivity index (χ1v) is 7.78. The van der Waals surface area contributed by atoms with Crippen LogP contribution >= 0.6 is 15.9 Å². The molecule has 4 heteroatoms. The number of ether oxygens (including phenoxy) is 1. The minimum atomic E-state index is 0.0506. The topological polar surface area (TPSA) is 38.3 Å². The van der Waals surface area contributed by atoms with E-state index in [0.29, 0.717) is 6.61 Å². The van der Waals surface area contributed by atoms with Crippen molar-refractivity contribution in [3.63, 3.8) is 0 Å². The van der Waals surface area contributed by atoms with Crippen LogP contribution in [0.5, 0.6) is 0 Å². The summed E-state index contributed by atoms with van der Waals surface area (Å²) in [7, 11) is 1.65. The molecule has 104 valence electrons. The summed E-state index contributed by atoms with van der Waals surface area (Å²) in [5, 5.41) is 3.78. The summed E-state index contributed by atoms with van der Waals surface area (Å²) in [6.07, 6.45) is 2.78. The molecule has 1 aromatic carbocycles. The molecule has 0 saturated carbocycles. The predicted octanol–water partition coefficient (Wildman–Crippen LogP) is 2.32. The van der Waals surface area contributed by atoms with Gasteiger partial charge >= 0.3 is 0 Å². The van der Waals surface area contributed by atoms with Gasteiger partial charge in [0.25, 0.3) is 0 Å². The fraction of sp³-hybridized carbons (Fsp3) is 0.533. The van der Waals surface area contributed by atoms with Gasteiger partial charge < -0.3 is 10.1 Å². The molecule has 0 radical (unpaired) electrons. The third-order valence-corrected chi connectivity index (χ3v) is 4.40. The van der Waals surface area contributed by atoms with Crippen molar-refractivity contribution in [2.75, 3.05) is 19.0 Å². The van der Waals surface area contributed by atoms with Crippen LogP contribution in [0.25, 0.3) is 0 Å². The van der Waals surface area contributed by atoms with Crippen molar-refractivity contribution in [2.45, 2.75) is 25.3 Å². The largest absolute Gasteiger partial charge is 0.383 e. The summed E-state index contributed by atoms with van der Waals surface area (Å²) in [4.78, 5) is 12.3. The third-order valence-electron chi connectivity index (χ3n) is 3.62. The predicted molar refractivity (Wildman–Crippen MR) is 79.6 cm³/mol. The molecule has 0 saturated heterocycles. The fourth-order valence-corrected chi connectivity index (χ4v) is 2.92. The van der Waals surface area contributed by atoms with Gasteiger partial charge in [0.05, 0.1) is 12.6 Å². The van der Waals surface area contributed by atoms with Crippen molar-refractivity contribution in [3.05, 3.63) is 35.4 Å². The molecule has 3 nitrogen and oxygen atoms in total. The van der Waals surface area contributed by atoms with Crippen LogP contribution in [-0.4, -0.2) is 31.0 Å². The molecule has 2 rings (SSSR count). The van der Waals surface area contributed by atoms with Crippen molar-refractivity contribution in [2.24, 2.45) is 5.92 Å². The second kappa shape index (κ2) is 7.06. The number of methoxy groups -OCH3 is 1. The number of amides is 1. The lowest BCUT2D eigenvalue weighted by Gasteiger charge is -2.25. The van der Waals surface area contributed by atoms with Gasteiger partial charge in [-0.1, -0.05) is 40.2 Å². The summed E-state index contributed by atoms with van der Waals surface area (Å²) in [5.41, 5.74) is 2.71. The van der Waals surface area contributed by atoms with Gasteiger partial charge in [0, 0.05) is 18.4 Å². The summed E-state index contributed by atoms with van der Waals surface area (Å²) in [6, 6.07) is 8.46. The zero-order chi connectivity index (χ0) is 13.7. The monoisotopic (exact) mass is 325 g/mol. The van der Waals surface area contributed by atoms with Gasteiger partial charge in [-0.3, -0.25) is 4.79 Å². The normalized spacial score (nSPS) is 19.6. The van der Waals surface area contributed by atoms with Crippen molar-refractivity contribution in [1.29, 1.82) is 0 Å². The Balaban J connectivity index is 1.95. The number of fused-ring (bicyclic) bond motifs is 1. The van der Waals surface area contributed by atoms with Crippen LogP contribution < -0.4 is 5.32 Å². The van der Waals surface area contributed by atoms with Gasteiger partial charge in [-0.2, -0.15) is 0 Å². The number of benzene rings is 1. The molecule has 1 amide bonds. The van der Waals surface area contributed by atoms with Crippen LogP contribution in [0.1, 0.15) is 17.5 Å². The van der Waals surface area contributed by atoms with Gasteiger partial charge in [-0.15, -0.1) is 0 Å². The maximum Gasteiger partial charge on any atom is 0.223 e. The molecule has 0 aliphatic heterocycles. The van der Waals surface area contributed by atoms with Gasteiger partial charge in [-0.25, -0.2) is 0 Å². The average Bonchev–Trinajstić information content (AvgIpc) is 2.46. The van der Waals surface area contributed by atoms with Crippen LogP contribution in [0.4, 0.5) is 0 Å². The zero-order valence-corrected chi connectivity index (χ0v) is 12.8. The number of carbonyl (C=O) groups is 1. The number of hydrogen-bond donors (Lipinski definition) is 1. The first-order valence-electron chi connectivity index (χ1n) is 6.66. The number of nitrogens with one attached hydrogen (secondary N) is 1. The Kier molecular flexibility index (Phi) is 5.40. The maximum atomic E-state index is 12.3. The van der Waals surface area contributed by atoms with E-state index in [0.717, 1.165) is 24.6 Å². The molecule has 0 aromatic heterocycles. The quantitative estimate of drug-likeness (QED) is 0.844. The standard InChI is InChI=1S/C15H20BrNO2/c1-19-10-14(9-16)17-15(18)13-7-6-11-4-2-3-5-12(11)8-13/h2-5,13-14H,6-10H2,1H3,(H,17,18). The first-order chi connectivity index (χ1) is 9.24. The van der Waals surface area contributed by atoms with E-state index in [1.165, 1.54) is 11.1 Å². The first kappa shape index (κ1) is 14.5. The van der Waals surface area contributed by atoms with Crippen molar-refractivity contribution in [1.82, 2.24) is 5.32 Å². The second-order valence-corrected chi connectivity index (χ2v) is 5.67. The molecule has 19 heavy (non-hydrogen) atoms. The Hall–Kier alpha value is -0.870. The second-order valence-electron chi connectivity index (χ2n) is 5.02. The molecule has 1 aliphatic carbocycles. The number of alkyl halides is 1. The van der Waals surface area contributed by atoms with Crippen molar-refractivity contribution in [3.8, 4) is 0 Å². The van der Waals surface area contributed by atoms with E-state index in [1.54, 1.807) is 7.11 Å². The highest BCUT2D eigenvalue weighted by atomic mass is 79.9. The highest BCUT2D eigenvalue weighted by molar-refractivity contribution is 9.09. The van der Waals surface area contributed by atoms with Crippen LogP contribution in [0.15, 0.2) is 24.3 Å². The van der Waals surface area contributed by atoms with Crippen LogP contribution in [0, 0.1) is 5.92 Å². The Labute approximate surface area is 122 Å². The molecule has 0 fully saturated rings. The van der Waals surface area contributed by atoms with Crippen LogP contribution in [0.2, 0.25) is 0 Å². The highest BCUT2D eigenvalue weighted by Crippen LogP contribution is 2.25. The van der Waals surface area contributed by atoms with Crippen LogP contribution in [0.3, 0.4) is 0 Å². The zero-order valence-electron chi connectivity index (χ0n) is 11.2. The number of halogens is 1. The van der Waals surface area contributed by atoms with Gasteiger partial charge in [0.2, 0.25) is 5.91 Å². The van der Waals surface area contributed by atoms with E-state index < -0.39 is 0 Å². The van der Waals surface area contributed by atoms with E-state index in [1.807, 2.05) is 6.07 Å². The van der Waals surface area contributed by atoms with Crippen LogP contribution in [-0.2, 0) is 22.4 Å². The molecule has 1 aromatic rings. The molecule has 1 N–H and O–H groups in total. The molecule has 2 atom stereocenters. The van der Waals surface area contributed by atoms with Gasteiger partial charge in [0.15, 0.2) is 0 Å².